The molecule has 2 fully saturated rings. The molecule has 1 aromatic heterocycles. The van der Waals surface area contributed by atoms with Gasteiger partial charge in [0, 0.05) is 30.3 Å². The van der Waals surface area contributed by atoms with Crippen molar-refractivity contribution in [1.29, 1.82) is 0 Å². The Morgan fingerprint density at radius 1 is 1.02 bits per heavy atom. The predicted molar refractivity (Wildman–Crippen MR) is 175 cm³/mol. The molecular formula is C35H36F3N5O5S. The van der Waals surface area contributed by atoms with Gasteiger partial charge in [-0.2, -0.15) is 18.3 Å². The molecule has 0 bridgehead atoms. The van der Waals surface area contributed by atoms with Crippen LogP contribution in [0, 0.1) is 5.92 Å². The molecule has 3 N–H and O–H groups in total. The number of ether oxygens (including phenoxy) is 2. The number of alkyl halides is 3. The minimum atomic E-state index is -5.02. The molecular weight excluding hydrogens is 659 g/mol. The maximum atomic E-state index is 13.0. The fourth-order valence-electron chi connectivity index (χ4n) is 6.18. The third-order valence-corrected chi connectivity index (χ3v) is 9.83. The van der Waals surface area contributed by atoms with Gasteiger partial charge in [-0.05, 0) is 46.7 Å². The summed E-state index contributed by atoms with van der Waals surface area (Å²) in [4.78, 5) is 29.4. The first-order valence-corrected chi connectivity index (χ1v) is 16.9. The molecule has 0 unspecified atom stereocenters. The van der Waals surface area contributed by atoms with Crippen molar-refractivity contribution in [3.63, 3.8) is 0 Å². The number of aromatic amines is 1. The van der Waals surface area contributed by atoms with Crippen LogP contribution in [0.5, 0.6) is 0 Å². The summed E-state index contributed by atoms with van der Waals surface area (Å²) in [6.07, 6.45) is -4.12. The number of nitrogens with one attached hydrogen (secondary N) is 2. The number of aromatic nitrogens is 3. The van der Waals surface area contributed by atoms with E-state index >= 15 is 0 Å². The van der Waals surface area contributed by atoms with E-state index in [1.54, 1.807) is 0 Å². The lowest BCUT2D eigenvalue weighted by molar-refractivity contribution is -0.268. The van der Waals surface area contributed by atoms with Crippen molar-refractivity contribution in [3.05, 3.63) is 101 Å². The predicted octanol–water partition coefficient (Wildman–Crippen LogP) is 5.72. The maximum absolute atomic E-state index is 13.0. The highest BCUT2D eigenvalue weighted by Gasteiger charge is 2.47. The fraction of sp³-hybridized carbons (Fsp3) is 0.371. The third kappa shape index (κ3) is 8.15. The second kappa shape index (κ2) is 15.1. The van der Waals surface area contributed by atoms with Gasteiger partial charge in [-0.25, -0.2) is 4.98 Å². The Bertz CT molecular complexity index is 1720. The third-order valence-electron chi connectivity index (χ3n) is 8.87. The molecule has 0 spiro atoms. The topological polar surface area (TPSA) is 130 Å². The van der Waals surface area contributed by atoms with Gasteiger partial charge in [-0.15, -0.1) is 0 Å². The quantitative estimate of drug-likeness (QED) is 0.180. The maximum Gasteiger partial charge on any atom is 0.471 e. The summed E-state index contributed by atoms with van der Waals surface area (Å²) in [5.41, 5.74) is 5.19. The molecule has 6 rings (SSSR count). The molecule has 2 amide bonds. The van der Waals surface area contributed by atoms with Gasteiger partial charge in [0.05, 0.1) is 18.8 Å². The summed E-state index contributed by atoms with van der Waals surface area (Å²) >= 11 is 1.52. The molecule has 0 saturated carbocycles. The lowest BCUT2D eigenvalue weighted by Gasteiger charge is -2.41. The molecule has 0 aliphatic carbocycles. The van der Waals surface area contributed by atoms with Crippen LogP contribution >= 0.6 is 11.8 Å². The number of halogens is 3. The Morgan fingerprint density at radius 2 is 1.78 bits per heavy atom. The molecule has 2 aliphatic heterocycles. The zero-order chi connectivity index (χ0) is 34.5. The highest BCUT2D eigenvalue weighted by Crippen LogP contribution is 2.43. The zero-order valence-electron chi connectivity index (χ0n) is 26.6. The van der Waals surface area contributed by atoms with Crippen molar-refractivity contribution in [2.24, 2.45) is 5.92 Å². The minimum Gasteiger partial charge on any atom is -0.392 e. The number of benzene rings is 3. The first-order valence-electron chi connectivity index (χ1n) is 15.9. The zero-order valence-corrected chi connectivity index (χ0v) is 27.4. The molecule has 3 heterocycles. The lowest BCUT2D eigenvalue weighted by atomic mass is 9.91. The Kier molecular flexibility index (Phi) is 10.7. The summed E-state index contributed by atoms with van der Waals surface area (Å²) in [5, 5.41) is 19.7. The van der Waals surface area contributed by atoms with Crippen molar-refractivity contribution in [2.45, 2.75) is 68.8 Å². The minimum absolute atomic E-state index is 0.0102. The fourth-order valence-corrected chi connectivity index (χ4v) is 7.12. The first kappa shape index (κ1) is 34.6. The molecule has 49 heavy (non-hydrogen) atoms. The summed E-state index contributed by atoms with van der Waals surface area (Å²) in [6, 6.07) is 21.9. The molecule has 0 radical (unpaired) electrons. The average Bonchev–Trinajstić information content (AvgIpc) is 3.83. The van der Waals surface area contributed by atoms with Gasteiger partial charge in [-0.3, -0.25) is 14.7 Å². The number of H-pyrrole nitrogens is 1. The van der Waals surface area contributed by atoms with Gasteiger partial charge in [0.15, 0.2) is 11.4 Å². The summed E-state index contributed by atoms with van der Waals surface area (Å²) in [6.45, 7) is 2.06. The van der Waals surface area contributed by atoms with Gasteiger partial charge >= 0.3 is 12.1 Å². The van der Waals surface area contributed by atoms with Crippen LogP contribution in [0.15, 0.2) is 84.3 Å². The molecule has 10 nitrogen and oxygen atoms in total. The number of thioether (sulfide) groups is 1. The van der Waals surface area contributed by atoms with Crippen LogP contribution in [0.25, 0.3) is 11.1 Å². The number of nitrogens with zero attached hydrogens (tertiary/aromatic N) is 3. The SMILES string of the molecule is C[C@@H]1[C@H](CSc2ncn[nH]2)O[C@H](c2ccc(-c3cccc(CNC(=O)[C@@H]4CCCN4C(=O)C(F)(F)F)c3)cc2)O[C@@H]1c1ccc(CO)cc1. The van der Waals surface area contributed by atoms with Crippen molar-refractivity contribution >= 4 is 23.6 Å². The second-order valence-electron chi connectivity index (χ2n) is 12.1. The number of likely N-dealkylation sites (tertiary alicyclic amines) is 1. The van der Waals surface area contributed by atoms with E-state index < -0.39 is 30.3 Å². The molecule has 4 aromatic rings. The van der Waals surface area contributed by atoms with Crippen LogP contribution in [0.4, 0.5) is 13.2 Å². The summed E-state index contributed by atoms with van der Waals surface area (Å²) in [5.74, 6) is -1.95. The van der Waals surface area contributed by atoms with Gasteiger partial charge < -0.3 is 24.8 Å². The largest absolute Gasteiger partial charge is 0.471 e. The Morgan fingerprint density at radius 3 is 2.47 bits per heavy atom. The average molecular weight is 696 g/mol. The lowest BCUT2D eigenvalue weighted by Crippen LogP contribution is -2.50. The van der Waals surface area contributed by atoms with Crippen LogP contribution in [-0.2, 0) is 32.2 Å². The molecule has 14 heteroatoms. The Labute approximate surface area is 285 Å². The van der Waals surface area contributed by atoms with Gasteiger partial charge in [0.25, 0.3) is 0 Å². The van der Waals surface area contributed by atoms with Crippen LogP contribution in [-0.4, -0.2) is 67.6 Å². The number of hydrogen-bond donors (Lipinski definition) is 3. The molecule has 5 atom stereocenters. The van der Waals surface area contributed by atoms with Gasteiger partial charge in [-0.1, -0.05) is 85.4 Å². The number of carbonyl (C=O) groups excluding carboxylic acids is 2. The second-order valence-corrected chi connectivity index (χ2v) is 13.1. The van der Waals surface area contributed by atoms with Crippen molar-refractivity contribution < 1.29 is 37.3 Å². The summed E-state index contributed by atoms with van der Waals surface area (Å²) < 4.78 is 52.1. The van der Waals surface area contributed by atoms with E-state index in [0.29, 0.717) is 22.2 Å². The van der Waals surface area contributed by atoms with E-state index in [1.807, 2.05) is 72.8 Å². The molecule has 3 aromatic carbocycles. The standard InChI is InChI=1S/C35H36F3N5O5S/c1-21-29(19-49-34-40-20-41-42-34)47-32(48-30(21)25-9-7-22(18-44)8-10-25)26-13-11-24(12-14-26)27-5-2-4-23(16-27)17-39-31(45)28-6-3-15-43(28)33(46)35(36,37)38/h2,4-5,7-14,16,20-21,28-30,32,44H,3,6,15,17-19H2,1H3,(H,39,45)(H,40,41,42)/t21-,28+,29+,30+,32+/m1/s1. The van der Waals surface area contributed by atoms with Gasteiger partial charge in [0.2, 0.25) is 5.91 Å². The summed E-state index contributed by atoms with van der Waals surface area (Å²) in [7, 11) is 0. The molecule has 258 valence electrons. The van der Waals surface area contributed by atoms with E-state index in [0.717, 1.165) is 33.4 Å². The molecule has 2 aliphatic rings. The van der Waals surface area contributed by atoms with Gasteiger partial charge in [0.1, 0.15) is 12.4 Å². The van der Waals surface area contributed by atoms with Crippen LogP contribution in [0.2, 0.25) is 0 Å². The Balaban J connectivity index is 1.14. The highest BCUT2D eigenvalue weighted by molar-refractivity contribution is 7.99. The van der Waals surface area contributed by atoms with E-state index in [1.165, 1.54) is 18.1 Å². The smallest absolute Gasteiger partial charge is 0.392 e. The first-order chi connectivity index (χ1) is 23.6. The number of hydrogen-bond acceptors (Lipinski definition) is 8. The number of aliphatic hydroxyl groups excluding tert-OH is 1. The number of carbonyl (C=O) groups is 2. The molecule has 2 saturated heterocycles. The van der Waals surface area contributed by atoms with Crippen molar-refractivity contribution in [1.82, 2.24) is 25.4 Å². The van der Waals surface area contributed by atoms with Crippen LogP contribution in [0.3, 0.4) is 0 Å². The number of aliphatic hydroxyl groups is 1. The van der Waals surface area contributed by atoms with E-state index in [4.69, 9.17) is 9.47 Å². The van der Waals surface area contributed by atoms with Crippen molar-refractivity contribution in [2.75, 3.05) is 12.3 Å². The van der Waals surface area contributed by atoms with Crippen LogP contribution in [0.1, 0.15) is 54.4 Å². The monoisotopic (exact) mass is 695 g/mol. The van der Waals surface area contributed by atoms with Crippen molar-refractivity contribution in [3.8, 4) is 11.1 Å². The Hall–Kier alpha value is -4.24. The number of rotatable bonds is 10. The van der Waals surface area contributed by atoms with E-state index in [-0.39, 0.29) is 44.2 Å². The highest BCUT2D eigenvalue weighted by atomic mass is 32.2. The van der Waals surface area contributed by atoms with E-state index in [9.17, 15) is 27.9 Å². The van der Waals surface area contributed by atoms with Crippen LogP contribution < -0.4 is 5.32 Å². The van der Waals surface area contributed by atoms with E-state index in [2.05, 4.69) is 27.4 Å². The number of amides is 2. The normalized spacial score (nSPS) is 22.6.